The topological polar surface area (TPSA) is 84.9 Å². The summed E-state index contributed by atoms with van der Waals surface area (Å²) in [4.78, 5) is 24.2. The molecule has 2 rings (SSSR count). The van der Waals surface area contributed by atoms with E-state index in [2.05, 4.69) is 5.32 Å². The van der Waals surface area contributed by atoms with Crippen molar-refractivity contribution in [1.29, 1.82) is 0 Å². The quantitative estimate of drug-likeness (QED) is 0.809. The highest BCUT2D eigenvalue weighted by Crippen LogP contribution is 2.24. The third-order valence-corrected chi connectivity index (χ3v) is 3.43. The van der Waals surface area contributed by atoms with E-state index in [4.69, 9.17) is 21.1 Å². The molecule has 2 N–H and O–H groups in total. The number of amides is 1. The molecule has 0 aliphatic rings. The van der Waals surface area contributed by atoms with Gasteiger partial charge in [-0.2, -0.15) is 0 Å². The molecule has 2 aromatic carbocycles. The van der Waals surface area contributed by atoms with Crippen LogP contribution < -0.4 is 10.1 Å². The van der Waals surface area contributed by atoms with Crippen LogP contribution in [0.15, 0.2) is 42.5 Å². The number of rotatable bonds is 5. The van der Waals surface area contributed by atoms with Gasteiger partial charge in [-0.05, 0) is 37.3 Å². The van der Waals surface area contributed by atoms with E-state index in [1.165, 1.54) is 32.2 Å². The maximum Gasteiger partial charge on any atom is 0.342 e. The molecule has 0 heterocycles. The zero-order valence-electron chi connectivity index (χ0n) is 13.1. The van der Waals surface area contributed by atoms with E-state index in [9.17, 15) is 14.7 Å². The minimum absolute atomic E-state index is 0.112. The van der Waals surface area contributed by atoms with Gasteiger partial charge in [0.1, 0.15) is 17.1 Å². The van der Waals surface area contributed by atoms with Crippen LogP contribution in [0.5, 0.6) is 11.5 Å². The number of methoxy groups -OCH3 is 1. The molecule has 0 saturated heterocycles. The fourth-order valence-electron chi connectivity index (χ4n) is 1.93. The monoisotopic (exact) mass is 349 g/mol. The van der Waals surface area contributed by atoms with E-state index in [1.807, 2.05) is 0 Å². The minimum atomic E-state index is -1.08. The number of esters is 1. The molecule has 0 bridgehead atoms. The van der Waals surface area contributed by atoms with Crippen LogP contribution in [0.2, 0.25) is 5.02 Å². The lowest BCUT2D eigenvalue weighted by Gasteiger charge is -2.15. The first-order valence-corrected chi connectivity index (χ1v) is 7.43. The number of phenols is 1. The van der Waals surface area contributed by atoms with Gasteiger partial charge in [-0.15, -0.1) is 0 Å². The number of para-hydroxylation sites is 2. The molecule has 2 aromatic rings. The number of benzene rings is 2. The van der Waals surface area contributed by atoms with E-state index in [0.29, 0.717) is 11.4 Å². The lowest BCUT2D eigenvalue weighted by molar-refractivity contribution is -0.123. The standard InChI is InChI=1S/C17H16ClNO5/c1-10(16(21)19-13-5-3-4-6-15(13)23-2)24-17(22)12-9-11(18)7-8-14(12)20/h3-10,20H,1-2H3,(H,19,21)/t10-/m0/s1. The summed E-state index contributed by atoms with van der Waals surface area (Å²) in [6.45, 7) is 1.42. The summed E-state index contributed by atoms with van der Waals surface area (Å²) in [6, 6.07) is 10.8. The molecule has 0 unspecified atom stereocenters. The van der Waals surface area contributed by atoms with E-state index in [1.54, 1.807) is 24.3 Å². The summed E-state index contributed by atoms with van der Waals surface area (Å²) in [7, 11) is 1.48. The first-order valence-electron chi connectivity index (χ1n) is 7.05. The van der Waals surface area contributed by atoms with Crippen LogP contribution in [0, 0.1) is 0 Å². The van der Waals surface area contributed by atoms with Gasteiger partial charge in [-0.3, -0.25) is 4.79 Å². The van der Waals surface area contributed by atoms with Gasteiger partial charge in [0.2, 0.25) is 0 Å². The first-order chi connectivity index (χ1) is 11.4. The second kappa shape index (κ2) is 7.70. The number of hydrogen-bond donors (Lipinski definition) is 2. The van der Waals surface area contributed by atoms with Crippen LogP contribution in [0.3, 0.4) is 0 Å². The lowest BCUT2D eigenvalue weighted by atomic mass is 10.2. The van der Waals surface area contributed by atoms with Crippen molar-refractivity contribution >= 4 is 29.2 Å². The van der Waals surface area contributed by atoms with E-state index < -0.39 is 18.0 Å². The number of halogens is 1. The summed E-state index contributed by atoms with van der Waals surface area (Å²) >= 11 is 5.79. The third-order valence-electron chi connectivity index (χ3n) is 3.20. The van der Waals surface area contributed by atoms with Gasteiger partial charge in [0, 0.05) is 5.02 Å². The Balaban J connectivity index is 2.06. The van der Waals surface area contributed by atoms with Crippen molar-refractivity contribution in [1.82, 2.24) is 0 Å². The van der Waals surface area contributed by atoms with Crippen molar-refractivity contribution in [2.45, 2.75) is 13.0 Å². The Bertz CT molecular complexity index is 762. The van der Waals surface area contributed by atoms with Crippen LogP contribution in [0.1, 0.15) is 17.3 Å². The van der Waals surface area contributed by atoms with E-state index in [-0.39, 0.29) is 16.3 Å². The maximum absolute atomic E-state index is 12.2. The van der Waals surface area contributed by atoms with E-state index in [0.717, 1.165) is 0 Å². The number of phenolic OH excluding ortho intramolecular Hbond substituents is 1. The van der Waals surface area contributed by atoms with Crippen molar-refractivity contribution in [3.8, 4) is 11.5 Å². The summed E-state index contributed by atoms with van der Waals surface area (Å²) in [5.41, 5.74) is 0.345. The summed E-state index contributed by atoms with van der Waals surface area (Å²) < 4.78 is 10.2. The maximum atomic E-state index is 12.2. The number of carbonyl (C=O) groups excluding carboxylic acids is 2. The molecule has 0 aliphatic heterocycles. The summed E-state index contributed by atoms with van der Waals surface area (Å²) in [6.07, 6.45) is -1.08. The fraction of sp³-hybridized carbons (Fsp3) is 0.176. The third kappa shape index (κ3) is 4.17. The van der Waals surface area contributed by atoms with Gasteiger partial charge in [0.25, 0.3) is 5.91 Å². The molecule has 6 nitrogen and oxygen atoms in total. The lowest BCUT2D eigenvalue weighted by Crippen LogP contribution is -2.30. The van der Waals surface area contributed by atoms with Crippen molar-refractivity contribution in [2.75, 3.05) is 12.4 Å². The molecule has 1 amide bonds. The van der Waals surface area contributed by atoms with Gasteiger partial charge in [-0.25, -0.2) is 4.79 Å². The summed E-state index contributed by atoms with van der Waals surface area (Å²) in [5, 5.41) is 12.6. The molecule has 0 radical (unpaired) electrons. The number of anilines is 1. The molecule has 1 atom stereocenters. The minimum Gasteiger partial charge on any atom is -0.507 e. The van der Waals surface area contributed by atoms with Crippen LogP contribution in [-0.4, -0.2) is 30.2 Å². The Morgan fingerprint density at radius 1 is 1.21 bits per heavy atom. The smallest absolute Gasteiger partial charge is 0.342 e. The molecule has 0 fully saturated rings. The number of hydrogen-bond acceptors (Lipinski definition) is 5. The van der Waals surface area contributed by atoms with Crippen LogP contribution in [0.4, 0.5) is 5.69 Å². The molecule has 0 aromatic heterocycles. The van der Waals surface area contributed by atoms with Crippen molar-refractivity contribution in [2.24, 2.45) is 0 Å². The second-order valence-electron chi connectivity index (χ2n) is 4.90. The normalized spacial score (nSPS) is 11.5. The van der Waals surface area contributed by atoms with Gasteiger partial charge >= 0.3 is 5.97 Å². The van der Waals surface area contributed by atoms with Gasteiger partial charge < -0.3 is 19.9 Å². The van der Waals surface area contributed by atoms with Gasteiger partial charge in [0.05, 0.1) is 12.8 Å². The number of ether oxygens (including phenoxy) is 2. The average molecular weight is 350 g/mol. The number of carbonyl (C=O) groups is 2. The largest absolute Gasteiger partial charge is 0.507 e. The van der Waals surface area contributed by atoms with E-state index >= 15 is 0 Å². The van der Waals surface area contributed by atoms with Crippen molar-refractivity contribution in [3.05, 3.63) is 53.1 Å². The Morgan fingerprint density at radius 2 is 1.92 bits per heavy atom. The Morgan fingerprint density at radius 3 is 2.62 bits per heavy atom. The fourth-order valence-corrected chi connectivity index (χ4v) is 2.10. The van der Waals surface area contributed by atoms with Crippen LogP contribution in [-0.2, 0) is 9.53 Å². The Hall–Kier alpha value is -2.73. The second-order valence-corrected chi connectivity index (χ2v) is 5.33. The highest BCUT2D eigenvalue weighted by molar-refractivity contribution is 6.31. The molecule has 0 aliphatic carbocycles. The molecular formula is C17H16ClNO5. The van der Waals surface area contributed by atoms with Gasteiger partial charge in [0.15, 0.2) is 6.10 Å². The van der Waals surface area contributed by atoms with Crippen LogP contribution >= 0.6 is 11.6 Å². The molecule has 7 heteroatoms. The molecule has 0 saturated carbocycles. The molecule has 24 heavy (non-hydrogen) atoms. The zero-order chi connectivity index (χ0) is 17.7. The SMILES string of the molecule is COc1ccccc1NC(=O)[C@H](C)OC(=O)c1cc(Cl)ccc1O. The van der Waals surface area contributed by atoms with Crippen molar-refractivity contribution in [3.63, 3.8) is 0 Å². The molecule has 126 valence electrons. The number of nitrogens with one attached hydrogen (secondary N) is 1. The van der Waals surface area contributed by atoms with Gasteiger partial charge in [-0.1, -0.05) is 23.7 Å². The highest BCUT2D eigenvalue weighted by atomic mass is 35.5. The Labute approximate surface area is 144 Å². The first kappa shape index (κ1) is 17.6. The Kier molecular flexibility index (Phi) is 5.65. The van der Waals surface area contributed by atoms with Crippen LogP contribution in [0.25, 0.3) is 0 Å². The summed E-state index contributed by atoms with van der Waals surface area (Å²) in [5.74, 6) is -1.18. The zero-order valence-corrected chi connectivity index (χ0v) is 13.8. The number of aromatic hydroxyl groups is 1. The molecule has 0 spiro atoms. The predicted molar refractivity (Wildman–Crippen MR) is 89.6 cm³/mol. The predicted octanol–water partition coefficient (Wildman–Crippen LogP) is 3.24. The highest BCUT2D eigenvalue weighted by Gasteiger charge is 2.22. The average Bonchev–Trinajstić information content (AvgIpc) is 2.57. The van der Waals surface area contributed by atoms with Crippen molar-refractivity contribution < 1.29 is 24.2 Å². The molecular weight excluding hydrogens is 334 g/mol.